The van der Waals surface area contributed by atoms with Crippen LogP contribution in [0.25, 0.3) is 11.0 Å². The van der Waals surface area contributed by atoms with E-state index in [0.717, 1.165) is 16.8 Å². The van der Waals surface area contributed by atoms with Crippen LogP contribution in [-0.2, 0) is 10.3 Å². The zero-order valence-corrected chi connectivity index (χ0v) is 21.7. The molecular weight excluding hydrogens is 460 g/mol. The fraction of sp³-hybridized carbons (Fsp3) is 0.423. The minimum Gasteiger partial charge on any atom is -0.324 e. The van der Waals surface area contributed by atoms with Crippen LogP contribution in [0.1, 0.15) is 67.8 Å². The molecule has 0 spiro atoms. The summed E-state index contributed by atoms with van der Waals surface area (Å²) in [5, 5.41) is 17.3. The van der Waals surface area contributed by atoms with Gasteiger partial charge in [0.1, 0.15) is 6.04 Å². The SMILES string of the molecule is Cc1nn(C(C)(C)C)c2nc(C(C)C)cc(C(=O)N3CSCC3C(=O)Nc3ccc(C#N)cc3)c12. The zero-order chi connectivity index (χ0) is 25.5. The Labute approximate surface area is 209 Å². The standard InChI is InChI=1S/C26H30N6O2S/c1-15(2)20-11-19(22-16(3)30-32(23(22)29-20)26(4,5)6)25(34)31-14-35-13-21(31)24(33)28-18-9-7-17(12-27)8-10-18/h7-11,15,21H,13-14H2,1-6H3,(H,28,33). The Morgan fingerprint density at radius 1 is 1.23 bits per heavy atom. The fourth-order valence-electron chi connectivity index (χ4n) is 4.11. The zero-order valence-electron chi connectivity index (χ0n) is 20.9. The lowest BCUT2D eigenvalue weighted by Gasteiger charge is -2.24. The highest BCUT2D eigenvalue weighted by Gasteiger charge is 2.37. The average molecular weight is 491 g/mol. The van der Waals surface area contributed by atoms with E-state index in [1.54, 1.807) is 40.9 Å². The van der Waals surface area contributed by atoms with E-state index in [2.05, 4.69) is 32.2 Å². The van der Waals surface area contributed by atoms with Crippen molar-refractivity contribution in [3.8, 4) is 6.07 Å². The van der Waals surface area contributed by atoms with Crippen LogP contribution in [0.15, 0.2) is 30.3 Å². The molecular formula is C26H30N6O2S. The highest BCUT2D eigenvalue weighted by molar-refractivity contribution is 7.99. The summed E-state index contributed by atoms with van der Waals surface area (Å²) < 4.78 is 1.88. The maximum absolute atomic E-state index is 13.9. The number of carbonyl (C=O) groups excluding carboxylic acids is 2. The Hall–Kier alpha value is -3.38. The van der Waals surface area contributed by atoms with Crippen molar-refractivity contribution in [2.24, 2.45) is 0 Å². The number of aromatic nitrogens is 3. The number of nitrogens with zero attached hydrogens (tertiary/aromatic N) is 5. The Morgan fingerprint density at radius 3 is 2.51 bits per heavy atom. The van der Waals surface area contributed by atoms with E-state index >= 15 is 0 Å². The molecule has 1 saturated heterocycles. The number of rotatable bonds is 4. The van der Waals surface area contributed by atoms with Gasteiger partial charge in [-0.3, -0.25) is 9.59 Å². The van der Waals surface area contributed by atoms with Gasteiger partial charge in [-0.05, 0) is 63.9 Å². The van der Waals surface area contributed by atoms with E-state index in [4.69, 9.17) is 15.3 Å². The number of carbonyl (C=O) groups is 2. The van der Waals surface area contributed by atoms with Crippen LogP contribution in [-0.4, -0.2) is 49.2 Å². The lowest BCUT2D eigenvalue weighted by atomic mass is 10.0. The number of nitriles is 1. The monoisotopic (exact) mass is 490 g/mol. The molecule has 8 nitrogen and oxygen atoms in total. The molecule has 1 unspecified atom stereocenters. The smallest absolute Gasteiger partial charge is 0.256 e. The molecule has 0 aliphatic carbocycles. The average Bonchev–Trinajstić information content (AvgIpc) is 3.43. The van der Waals surface area contributed by atoms with E-state index in [0.29, 0.717) is 34.1 Å². The van der Waals surface area contributed by atoms with Crippen LogP contribution >= 0.6 is 11.8 Å². The molecule has 35 heavy (non-hydrogen) atoms. The molecule has 2 amide bonds. The maximum Gasteiger partial charge on any atom is 0.256 e. The van der Waals surface area contributed by atoms with Crippen LogP contribution < -0.4 is 5.32 Å². The van der Waals surface area contributed by atoms with E-state index in [-0.39, 0.29) is 23.3 Å². The molecule has 3 aromatic rings. The second-order valence-electron chi connectivity index (χ2n) is 10.1. The van der Waals surface area contributed by atoms with Crippen LogP contribution in [0.3, 0.4) is 0 Å². The molecule has 182 valence electrons. The first-order valence-electron chi connectivity index (χ1n) is 11.6. The molecule has 1 fully saturated rings. The molecule has 9 heteroatoms. The van der Waals surface area contributed by atoms with E-state index in [1.807, 2.05) is 31.5 Å². The van der Waals surface area contributed by atoms with Crippen LogP contribution in [0.5, 0.6) is 0 Å². The van der Waals surface area contributed by atoms with Crippen molar-refractivity contribution in [1.82, 2.24) is 19.7 Å². The van der Waals surface area contributed by atoms with E-state index in [1.165, 1.54) is 0 Å². The molecule has 1 N–H and O–H groups in total. The molecule has 3 heterocycles. The number of hydrogen-bond acceptors (Lipinski definition) is 6. The Morgan fingerprint density at radius 2 is 1.91 bits per heavy atom. The first-order valence-corrected chi connectivity index (χ1v) is 12.8. The van der Waals surface area contributed by atoms with Gasteiger partial charge >= 0.3 is 0 Å². The Bertz CT molecular complexity index is 1330. The summed E-state index contributed by atoms with van der Waals surface area (Å²) in [5.74, 6) is 0.625. The van der Waals surface area contributed by atoms with Crippen molar-refractivity contribution in [2.75, 3.05) is 16.9 Å². The second-order valence-corrected chi connectivity index (χ2v) is 11.1. The highest BCUT2D eigenvalue weighted by Crippen LogP contribution is 2.32. The third-order valence-corrected chi connectivity index (χ3v) is 7.03. The number of hydrogen-bond donors (Lipinski definition) is 1. The summed E-state index contributed by atoms with van der Waals surface area (Å²) in [5.41, 5.74) is 3.59. The summed E-state index contributed by atoms with van der Waals surface area (Å²) in [6.45, 7) is 12.2. The third kappa shape index (κ3) is 4.76. The predicted octanol–water partition coefficient (Wildman–Crippen LogP) is 4.64. The number of fused-ring (bicyclic) bond motifs is 1. The summed E-state index contributed by atoms with van der Waals surface area (Å²) in [6, 6.07) is 10.0. The van der Waals surface area contributed by atoms with Gasteiger partial charge in [0.2, 0.25) is 5.91 Å². The summed E-state index contributed by atoms with van der Waals surface area (Å²) in [7, 11) is 0. The maximum atomic E-state index is 13.9. The fourth-order valence-corrected chi connectivity index (χ4v) is 5.26. The molecule has 1 aliphatic rings. The quantitative estimate of drug-likeness (QED) is 0.571. The van der Waals surface area contributed by atoms with Crippen molar-refractivity contribution in [1.29, 1.82) is 5.26 Å². The van der Waals surface area contributed by atoms with Gasteiger partial charge in [-0.2, -0.15) is 10.4 Å². The van der Waals surface area contributed by atoms with Crippen molar-refractivity contribution in [3.05, 3.63) is 52.8 Å². The van der Waals surface area contributed by atoms with Crippen molar-refractivity contribution in [3.63, 3.8) is 0 Å². The third-order valence-electron chi connectivity index (χ3n) is 6.02. The molecule has 1 atom stereocenters. The van der Waals surface area contributed by atoms with Crippen LogP contribution in [0.4, 0.5) is 5.69 Å². The lowest BCUT2D eigenvalue weighted by Crippen LogP contribution is -2.44. The molecule has 1 aromatic carbocycles. The van der Waals surface area contributed by atoms with Gasteiger partial charge in [0.05, 0.1) is 39.7 Å². The molecule has 0 radical (unpaired) electrons. The number of benzene rings is 1. The number of anilines is 1. The number of aryl methyl sites for hydroxylation is 1. The normalized spacial score (nSPS) is 16.1. The van der Waals surface area contributed by atoms with Gasteiger partial charge in [0, 0.05) is 17.1 Å². The number of amides is 2. The minimum atomic E-state index is -0.605. The first-order chi connectivity index (χ1) is 16.5. The minimum absolute atomic E-state index is 0.123. The van der Waals surface area contributed by atoms with Gasteiger partial charge in [0.25, 0.3) is 5.91 Å². The first kappa shape index (κ1) is 24.7. The van der Waals surface area contributed by atoms with Gasteiger partial charge in [-0.25, -0.2) is 9.67 Å². The van der Waals surface area contributed by atoms with Crippen LogP contribution in [0.2, 0.25) is 0 Å². The Balaban J connectivity index is 1.71. The summed E-state index contributed by atoms with van der Waals surface area (Å²) in [6.07, 6.45) is 0. The molecule has 2 aromatic heterocycles. The number of thioether (sulfide) groups is 1. The van der Waals surface area contributed by atoms with Gasteiger partial charge in [-0.15, -0.1) is 11.8 Å². The molecule has 0 saturated carbocycles. The summed E-state index contributed by atoms with van der Waals surface area (Å²) >= 11 is 1.55. The van der Waals surface area contributed by atoms with Gasteiger partial charge < -0.3 is 10.2 Å². The van der Waals surface area contributed by atoms with Crippen molar-refractivity contribution in [2.45, 2.75) is 59.0 Å². The summed E-state index contributed by atoms with van der Waals surface area (Å²) in [4.78, 5) is 33.6. The van der Waals surface area contributed by atoms with E-state index < -0.39 is 6.04 Å². The molecule has 1 aliphatic heterocycles. The molecule has 4 rings (SSSR count). The van der Waals surface area contributed by atoms with E-state index in [9.17, 15) is 9.59 Å². The van der Waals surface area contributed by atoms with Crippen molar-refractivity contribution < 1.29 is 9.59 Å². The predicted molar refractivity (Wildman–Crippen MR) is 138 cm³/mol. The highest BCUT2D eigenvalue weighted by atomic mass is 32.2. The van der Waals surface area contributed by atoms with Crippen LogP contribution in [0, 0.1) is 18.3 Å². The second kappa shape index (κ2) is 9.34. The molecule has 0 bridgehead atoms. The number of nitrogens with one attached hydrogen (secondary N) is 1. The van der Waals surface area contributed by atoms with Gasteiger partial charge in [-0.1, -0.05) is 13.8 Å². The Kier molecular flexibility index (Phi) is 6.60. The lowest BCUT2D eigenvalue weighted by molar-refractivity contribution is -0.119. The van der Waals surface area contributed by atoms with Gasteiger partial charge in [0.15, 0.2) is 5.65 Å². The topological polar surface area (TPSA) is 104 Å². The van der Waals surface area contributed by atoms with Crippen molar-refractivity contribution >= 4 is 40.3 Å². The largest absolute Gasteiger partial charge is 0.324 e. The number of pyridine rings is 1.